The molecule has 0 spiro atoms. The van der Waals surface area contributed by atoms with Crippen LogP contribution in [0, 0.1) is 0 Å². The molecule has 6 saturated heterocycles. The lowest BCUT2D eigenvalue weighted by Gasteiger charge is -2.34. The lowest BCUT2D eigenvalue weighted by molar-refractivity contribution is -0.263. The number of fused-ring (bicyclic) bond motifs is 4. The maximum atomic E-state index is 16.1. The fourth-order valence-electron chi connectivity index (χ4n) is 11.1. The van der Waals surface area contributed by atoms with Gasteiger partial charge in [0.25, 0.3) is 11.7 Å². The summed E-state index contributed by atoms with van der Waals surface area (Å²) in [6.07, 6.45) is 12.1. The number of aromatic nitrogens is 8. The second-order valence-corrected chi connectivity index (χ2v) is 24.8. The zero-order valence-corrected chi connectivity index (χ0v) is 46.8. The summed E-state index contributed by atoms with van der Waals surface area (Å²) in [5, 5.41) is 3.79. The van der Waals surface area contributed by atoms with Crippen molar-refractivity contribution in [3.05, 3.63) is 25.3 Å². The molecule has 0 amide bonds. The Bertz CT molecular complexity index is 2900. The van der Waals surface area contributed by atoms with Crippen LogP contribution in [0.15, 0.2) is 30.3 Å². The number of guanidine groups is 1. The molecule has 444 valence electrons. The minimum absolute atomic E-state index is 0.133. The van der Waals surface area contributed by atoms with E-state index in [1.165, 1.54) is 109 Å². The van der Waals surface area contributed by atoms with Crippen molar-refractivity contribution >= 4 is 55.5 Å². The number of phosphoric acid groups is 1. The number of anilines is 2. The van der Waals surface area contributed by atoms with Crippen LogP contribution in [0.25, 0.3) is 22.3 Å². The quantitative estimate of drug-likeness (QED) is 0.0707. The van der Waals surface area contributed by atoms with E-state index in [1.54, 1.807) is 27.7 Å². The third kappa shape index (κ3) is 13.2. The number of halogens is 2. The van der Waals surface area contributed by atoms with Crippen LogP contribution in [0.4, 0.5) is 20.4 Å². The summed E-state index contributed by atoms with van der Waals surface area (Å²) in [6, 6.07) is 1.19. The minimum atomic E-state index is -4.93. The second-order valence-electron chi connectivity index (χ2n) is 21.7. The molecule has 0 radical (unpaired) electrons. The summed E-state index contributed by atoms with van der Waals surface area (Å²) in [7, 11) is -9.20. The highest BCUT2D eigenvalue weighted by Gasteiger charge is 2.67. The Morgan fingerprint density at radius 2 is 1.12 bits per heavy atom. The predicted octanol–water partition coefficient (Wildman–Crippen LogP) is 3.73. The van der Waals surface area contributed by atoms with E-state index in [0.29, 0.717) is 28.8 Å². The Balaban J connectivity index is 0.000000138. The van der Waals surface area contributed by atoms with E-state index in [9.17, 15) is 14.0 Å². The Kier molecular flexibility index (Phi) is 17.5. The lowest BCUT2D eigenvalue weighted by atomic mass is 9.95. The van der Waals surface area contributed by atoms with Crippen molar-refractivity contribution in [3.8, 4) is 0 Å². The number of imidazole rings is 2. The number of hydrogen-bond acceptors (Lipinski definition) is 21. The number of nitrogens with one attached hydrogen (secondary N) is 1. The molecular weight excluding hydrogens is 1100 g/mol. The van der Waals surface area contributed by atoms with Gasteiger partial charge in [0.05, 0.1) is 45.1 Å². The van der Waals surface area contributed by atoms with Crippen LogP contribution in [0.1, 0.15) is 104 Å². The molecule has 9 atom stereocenters. The van der Waals surface area contributed by atoms with Crippen molar-refractivity contribution in [1.29, 1.82) is 0 Å². The van der Waals surface area contributed by atoms with Gasteiger partial charge in [-0.3, -0.25) is 18.2 Å². The SMILES string of the molecule is C1CCC(N=C(NC2CCCCC2)N2CCOCC2)CC1.CC1(C)OC2[C@H](O1)[C@H](n1cnc3c(N)ncnc31)O[C@]2(F)COP(=O)(O)N1CCOCC1.CC1(C)OC2[C@H](O1)[C@H](n1cnc3c(N)ncnc31)O[C@]2(F)COP(=O)(O)O. The number of nitrogens with two attached hydrogens (primary N) is 2. The number of hydrogen-bond donors (Lipinski definition) is 6. The van der Waals surface area contributed by atoms with Gasteiger partial charge in [0.1, 0.15) is 49.1 Å². The molecule has 0 aromatic carbocycles. The second kappa shape index (κ2) is 23.8. The monoisotopic (exact) mass is 1170 g/mol. The molecule has 10 heterocycles. The van der Waals surface area contributed by atoms with Gasteiger partial charge in [0.2, 0.25) is 0 Å². The average Bonchev–Trinajstić information content (AvgIpc) is 4.49. The molecule has 6 aliphatic heterocycles. The number of ether oxygens (including phenoxy) is 8. The largest absolute Gasteiger partial charge is 0.469 e. The Morgan fingerprint density at radius 3 is 1.61 bits per heavy atom. The summed E-state index contributed by atoms with van der Waals surface area (Å²) in [4.78, 5) is 60.0. The number of phosphoric ester groups is 1. The highest BCUT2D eigenvalue weighted by molar-refractivity contribution is 7.50. The van der Waals surface area contributed by atoms with Gasteiger partial charge in [-0.25, -0.2) is 57.5 Å². The molecule has 0 bridgehead atoms. The van der Waals surface area contributed by atoms with Gasteiger partial charge in [-0.05, 0) is 53.4 Å². The normalized spacial score (nSPS) is 32.0. The Labute approximate surface area is 459 Å². The summed E-state index contributed by atoms with van der Waals surface area (Å²) < 4.78 is 114. The fraction of sp³-hybridized carbons (Fsp3) is 0.766. The van der Waals surface area contributed by atoms with Crippen molar-refractivity contribution in [2.24, 2.45) is 4.99 Å². The van der Waals surface area contributed by atoms with Gasteiger partial charge in [0.15, 0.2) is 65.1 Å². The van der Waals surface area contributed by atoms with Crippen LogP contribution < -0.4 is 16.8 Å². The third-order valence-electron chi connectivity index (χ3n) is 15.0. The zero-order valence-electron chi connectivity index (χ0n) is 45.0. The summed E-state index contributed by atoms with van der Waals surface area (Å²) in [5.41, 5.74) is 12.8. The minimum Gasteiger partial charge on any atom is -0.382 e. The molecule has 8 aliphatic rings. The van der Waals surface area contributed by atoms with E-state index in [2.05, 4.69) is 44.6 Å². The molecular formula is C47H72F2N14O15P2. The van der Waals surface area contributed by atoms with Crippen molar-refractivity contribution in [2.45, 2.75) is 164 Å². The van der Waals surface area contributed by atoms with Gasteiger partial charge < -0.3 is 74.3 Å². The molecule has 8 fully saturated rings. The van der Waals surface area contributed by atoms with Gasteiger partial charge in [-0.2, -0.15) is 0 Å². The smallest absolute Gasteiger partial charge is 0.382 e. The first-order valence-electron chi connectivity index (χ1n) is 27.0. The summed E-state index contributed by atoms with van der Waals surface area (Å²) >= 11 is 0. The molecule has 2 aliphatic carbocycles. The van der Waals surface area contributed by atoms with Crippen LogP contribution in [0.3, 0.4) is 0 Å². The first-order chi connectivity index (χ1) is 38.0. The van der Waals surface area contributed by atoms with Crippen molar-refractivity contribution < 1.29 is 79.5 Å². The maximum Gasteiger partial charge on any atom is 0.469 e. The number of morpholine rings is 2. The average molecular weight is 1170 g/mol. The van der Waals surface area contributed by atoms with Crippen LogP contribution in [0.5, 0.6) is 0 Å². The molecule has 2 saturated carbocycles. The number of nitrogen functional groups attached to an aromatic ring is 2. The van der Waals surface area contributed by atoms with Crippen LogP contribution >= 0.6 is 15.6 Å². The molecule has 8 N–H and O–H groups in total. The third-order valence-corrected chi connectivity index (χ3v) is 17.0. The highest BCUT2D eigenvalue weighted by atomic mass is 31.2. The van der Waals surface area contributed by atoms with Crippen molar-refractivity contribution in [1.82, 2.24) is 53.9 Å². The van der Waals surface area contributed by atoms with E-state index in [0.717, 1.165) is 26.3 Å². The molecule has 80 heavy (non-hydrogen) atoms. The van der Waals surface area contributed by atoms with Gasteiger partial charge in [0, 0.05) is 32.2 Å². The van der Waals surface area contributed by atoms with E-state index in [1.807, 2.05) is 0 Å². The van der Waals surface area contributed by atoms with Crippen LogP contribution in [-0.4, -0.2) is 195 Å². The van der Waals surface area contributed by atoms with E-state index in [-0.39, 0.29) is 43.6 Å². The summed E-state index contributed by atoms with van der Waals surface area (Å²) in [5.74, 6) is -6.06. The molecule has 3 unspecified atom stereocenters. The van der Waals surface area contributed by atoms with Crippen molar-refractivity contribution in [2.75, 3.05) is 77.3 Å². The van der Waals surface area contributed by atoms with Gasteiger partial charge in [-0.1, -0.05) is 38.5 Å². The Morgan fingerprint density at radius 1 is 0.662 bits per heavy atom. The number of rotatable bonds is 11. The highest BCUT2D eigenvalue weighted by Crippen LogP contribution is 2.54. The first-order valence-corrected chi connectivity index (χ1v) is 30.0. The van der Waals surface area contributed by atoms with E-state index < -0.39 is 88.9 Å². The first kappa shape index (κ1) is 58.9. The predicted molar refractivity (Wildman–Crippen MR) is 278 cm³/mol. The number of nitrogens with zero attached hydrogens (tertiary/aromatic N) is 11. The van der Waals surface area contributed by atoms with Crippen LogP contribution in [-0.2, 0) is 56.1 Å². The van der Waals surface area contributed by atoms with Gasteiger partial charge >= 0.3 is 15.6 Å². The Hall–Kier alpha value is -4.27. The summed E-state index contributed by atoms with van der Waals surface area (Å²) in [6.45, 7) is 9.15. The topological polar surface area (TPSA) is 357 Å². The van der Waals surface area contributed by atoms with E-state index in [4.69, 9.17) is 68.7 Å². The zero-order chi connectivity index (χ0) is 56.7. The molecule has 29 nitrogen and oxygen atoms in total. The molecule has 4 aromatic heterocycles. The fourth-order valence-corrected chi connectivity index (χ4v) is 12.7. The van der Waals surface area contributed by atoms with Gasteiger partial charge in [-0.15, -0.1) is 0 Å². The number of alkyl halides is 2. The standard InChI is InChI=1S/C17H24FN6O7P.C17H31N3O.C13H17FN5O7P/c1-16(2)29-11-12(30-16)17(18,7-28-32(25,26)23-3-5-27-6-4-23)31-15(11)24-9-22-10-13(19)20-8-21-14(10)24;1-3-7-15(8-4-1)18-17(20-11-13-21-14-12-20)19-16-9-5-2-6-10-16;1-12(2)24-7-8(25-12)13(14,3-23-27(20,21)22)26-11(7)19-5-18-6-9(15)16-4-17-10(6)19/h8-9,11-12,15H,3-7H2,1-2H3,(H,25,26)(H2,19,20,21);15-16H,1-14H2,(H,18,19);4-5,7-8,11H,3H2,1-2H3,(H2,15,16,17)(H2,20,21,22)/t11-,12?,15+,17+;;7-,8?,11+,13+/m0.0/s1. The lowest BCUT2D eigenvalue weighted by Crippen LogP contribution is -2.51. The molecule has 12 rings (SSSR count). The van der Waals surface area contributed by atoms with Crippen LogP contribution in [0.2, 0.25) is 0 Å². The molecule has 33 heteroatoms. The number of aliphatic imine (C=N–C) groups is 1. The van der Waals surface area contributed by atoms with E-state index >= 15 is 8.78 Å². The maximum absolute atomic E-state index is 16.1. The van der Waals surface area contributed by atoms with Crippen molar-refractivity contribution in [3.63, 3.8) is 0 Å². The molecule has 4 aromatic rings.